The Morgan fingerprint density at radius 3 is 2.80 bits per heavy atom. The molecule has 1 aromatic heterocycles. The number of carbonyl (C=O) groups is 1. The van der Waals surface area contributed by atoms with Gasteiger partial charge in [0.1, 0.15) is 17.1 Å². The lowest BCUT2D eigenvalue weighted by Crippen LogP contribution is -2.39. The Hall–Kier alpha value is -2.60. The fraction of sp³-hybridized carbons (Fsp3) is 0.333. The van der Waals surface area contributed by atoms with Gasteiger partial charge in [-0.25, -0.2) is 4.98 Å². The molecule has 2 heterocycles. The lowest BCUT2D eigenvalue weighted by molar-refractivity contribution is -0.118. The maximum atomic E-state index is 12.3. The van der Waals surface area contributed by atoms with Gasteiger partial charge in [0.2, 0.25) is 0 Å². The van der Waals surface area contributed by atoms with Gasteiger partial charge < -0.3 is 15.0 Å². The first-order valence-corrected chi connectivity index (χ1v) is 11.3. The van der Waals surface area contributed by atoms with E-state index < -0.39 is 0 Å². The summed E-state index contributed by atoms with van der Waals surface area (Å²) in [6, 6.07) is 18.0. The van der Waals surface area contributed by atoms with Crippen LogP contribution in [0.15, 0.2) is 59.1 Å². The molecule has 1 saturated heterocycles. The third kappa shape index (κ3) is 4.75. The standard InChI is InChI=1S/C24H26BrN3O2/c1-2-20-7-3-4-15-28(20)22-14-9-17-6-5-8-21(24(17)27-22)30-16-23(29)26-19-12-10-18(25)11-13-19/h5-6,8-14,20H,2-4,7,15-16H2,1H3,(H,26,29). The van der Waals surface area contributed by atoms with Crippen molar-refractivity contribution in [2.75, 3.05) is 23.4 Å². The predicted molar refractivity (Wildman–Crippen MR) is 125 cm³/mol. The van der Waals surface area contributed by atoms with Gasteiger partial charge in [0.25, 0.3) is 5.91 Å². The number of benzene rings is 2. The molecule has 0 radical (unpaired) electrons. The van der Waals surface area contributed by atoms with Gasteiger partial charge in [-0.15, -0.1) is 0 Å². The summed E-state index contributed by atoms with van der Waals surface area (Å²) in [6.07, 6.45) is 4.81. The number of ether oxygens (including phenoxy) is 1. The van der Waals surface area contributed by atoms with Crippen molar-refractivity contribution in [2.45, 2.75) is 38.6 Å². The lowest BCUT2D eigenvalue weighted by Gasteiger charge is -2.36. The van der Waals surface area contributed by atoms with E-state index in [-0.39, 0.29) is 12.5 Å². The first-order chi connectivity index (χ1) is 14.6. The Kier molecular flexibility index (Phi) is 6.53. The molecule has 0 saturated carbocycles. The van der Waals surface area contributed by atoms with Crippen LogP contribution in [0.3, 0.4) is 0 Å². The quantitative estimate of drug-likeness (QED) is 0.498. The monoisotopic (exact) mass is 467 g/mol. The van der Waals surface area contributed by atoms with Crippen molar-refractivity contribution in [1.29, 1.82) is 0 Å². The SMILES string of the molecule is CCC1CCCCN1c1ccc2cccc(OCC(=O)Nc3ccc(Br)cc3)c2n1. The summed E-state index contributed by atoms with van der Waals surface area (Å²) >= 11 is 3.39. The fourth-order valence-corrected chi connectivity index (χ4v) is 4.25. The van der Waals surface area contributed by atoms with Crippen LogP contribution in [0.25, 0.3) is 10.9 Å². The molecule has 6 heteroatoms. The average Bonchev–Trinajstić information content (AvgIpc) is 2.79. The van der Waals surface area contributed by atoms with Crippen molar-refractivity contribution in [3.05, 3.63) is 59.1 Å². The number of nitrogens with zero attached hydrogens (tertiary/aromatic N) is 2. The molecule has 1 fully saturated rings. The molecule has 30 heavy (non-hydrogen) atoms. The Balaban J connectivity index is 1.50. The van der Waals surface area contributed by atoms with Gasteiger partial charge in [0, 0.05) is 28.1 Å². The highest BCUT2D eigenvalue weighted by Crippen LogP contribution is 2.30. The average molecular weight is 468 g/mol. The zero-order valence-electron chi connectivity index (χ0n) is 17.1. The number of pyridine rings is 1. The molecule has 156 valence electrons. The van der Waals surface area contributed by atoms with Crippen molar-refractivity contribution in [3.63, 3.8) is 0 Å². The lowest BCUT2D eigenvalue weighted by atomic mass is 10.00. The molecule has 3 aromatic rings. The van der Waals surface area contributed by atoms with Crippen LogP contribution in [0, 0.1) is 0 Å². The number of anilines is 2. The fourth-order valence-electron chi connectivity index (χ4n) is 3.99. The highest BCUT2D eigenvalue weighted by Gasteiger charge is 2.22. The van der Waals surface area contributed by atoms with Crippen LogP contribution < -0.4 is 15.0 Å². The van der Waals surface area contributed by atoms with E-state index in [1.54, 1.807) is 0 Å². The Morgan fingerprint density at radius 2 is 2.00 bits per heavy atom. The van der Waals surface area contributed by atoms with E-state index in [0.29, 0.717) is 11.8 Å². The molecule has 1 aliphatic heterocycles. The molecule has 1 N–H and O–H groups in total. The molecule has 5 nitrogen and oxygen atoms in total. The van der Waals surface area contributed by atoms with E-state index in [2.05, 4.69) is 45.2 Å². The van der Waals surface area contributed by atoms with E-state index >= 15 is 0 Å². The van der Waals surface area contributed by atoms with Crippen molar-refractivity contribution in [3.8, 4) is 5.75 Å². The van der Waals surface area contributed by atoms with Crippen LogP contribution >= 0.6 is 15.9 Å². The third-order valence-electron chi connectivity index (χ3n) is 5.55. The summed E-state index contributed by atoms with van der Waals surface area (Å²) < 4.78 is 6.84. The molecular weight excluding hydrogens is 442 g/mol. The molecule has 0 spiro atoms. The van der Waals surface area contributed by atoms with E-state index in [1.807, 2.05) is 42.5 Å². The van der Waals surface area contributed by atoms with Gasteiger partial charge in [0.05, 0.1) is 0 Å². The number of hydrogen-bond donors (Lipinski definition) is 1. The van der Waals surface area contributed by atoms with Crippen LogP contribution in [-0.2, 0) is 4.79 Å². The number of nitrogens with one attached hydrogen (secondary N) is 1. The number of para-hydroxylation sites is 1. The van der Waals surface area contributed by atoms with Gasteiger partial charge in [-0.05, 0) is 68.1 Å². The number of hydrogen-bond acceptors (Lipinski definition) is 4. The molecule has 0 bridgehead atoms. The Bertz CT molecular complexity index is 1020. The summed E-state index contributed by atoms with van der Waals surface area (Å²) in [5.41, 5.74) is 1.53. The third-order valence-corrected chi connectivity index (χ3v) is 6.08. The first-order valence-electron chi connectivity index (χ1n) is 10.5. The van der Waals surface area contributed by atoms with Crippen molar-refractivity contribution < 1.29 is 9.53 Å². The number of carbonyl (C=O) groups excluding carboxylic acids is 1. The molecule has 1 aliphatic rings. The largest absolute Gasteiger partial charge is 0.481 e. The Morgan fingerprint density at radius 1 is 1.17 bits per heavy atom. The van der Waals surface area contributed by atoms with E-state index in [4.69, 9.17) is 9.72 Å². The van der Waals surface area contributed by atoms with Crippen LogP contribution in [0.2, 0.25) is 0 Å². The normalized spacial score (nSPS) is 16.5. The summed E-state index contributed by atoms with van der Waals surface area (Å²) in [4.78, 5) is 19.7. The van der Waals surface area contributed by atoms with E-state index in [1.165, 1.54) is 19.3 Å². The predicted octanol–water partition coefficient (Wildman–Crippen LogP) is 5.78. The number of piperidine rings is 1. The second-order valence-corrected chi connectivity index (χ2v) is 8.51. The van der Waals surface area contributed by atoms with Gasteiger partial charge in [-0.1, -0.05) is 35.0 Å². The number of amides is 1. The van der Waals surface area contributed by atoms with Crippen LogP contribution in [0.1, 0.15) is 32.6 Å². The van der Waals surface area contributed by atoms with Crippen molar-refractivity contribution >= 4 is 44.2 Å². The van der Waals surface area contributed by atoms with Gasteiger partial charge in [-0.2, -0.15) is 0 Å². The molecule has 1 unspecified atom stereocenters. The molecule has 1 atom stereocenters. The molecule has 4 rings (SSSR count). The minimum absolute atomic E-state index is 0.0671. The Labute approximate surface area is 185 Å². The van der Waals surface area contributed by atoms with Crippen LogP contribution in [0.4, 0.5) is 11.5 Å². The summed E-state index contributed by atoms with van der Waals surface area (Å²) in [7, 11) is 0. The minimum atomic E-state index is -0.201. The highest BCUT2D eigenvalue weighted by molar-refractivity contribution is 9.10. The molecule has 2 aromatic carbocycles. The zero-order valence-corrected chi connectivity index (χ0v) is 18.7. The molecule has 0 aliphatic carbocycles. The smallest absolute Gasteiger partial charge is 0.262 e. The number of rotatable bonds is 6. The van der Waals surface area contributed by atoms with E-state index in [0.717, 1.165) is 39.8 Å². The second-order valence-electron chi connectivity index (χ2n) is 7.59. The number of halogens is 1. The van der Waals surface area contributed by atoms with Gasteiger partial charge in [0.15, 0.2) is 6.61 Å². The molecular formula is C24H26BrN3O2. The van der Waals surface area contributed by atoms with E-state index in [9.17, 15) is 4.79 Å². The van der Waals surface area contributed by atoms with Crippen LogP contribution in [0.5, 0.6) is 5.75 Å². The number of aromatic nitrogens is 1. The zero-order chi connectivity index (χ0) is 20.9. The van der Waals surface area contributed by atoms with Crippen LogP contribution in [-0.4, -0.2) is 30.1 Å². The van der Waals surface area contributed by atoms with Crippen molar-refractivity contribution in [1.82, 2.24) is 4.98 Å². The minimum Gasteiger partial charge on any atom is -0.481 e. The summed E-state index contributed by atoms with van der Waals surface area (Å²) in [5.74, 6) is 1.42. The first kappa shape index (κ1) is 20.7. The maximum absolute atomic E-state index is 12.3. The summed E-state index contributed by atoms with van der Waals surface area (Å²) in [5, 5.41) is 3.86. The number of fused-ring (bicyclic) bond motifs is 1. The van der Waals surface area contributed by atoms with Gasteiger partial charge in [-0.3, -0.25) is 4.79 Å². The maximum Gasteiger partial charge on any atom is 0.262 e. The topological polar surface area (TPSA) is 54.5 Å². The highest BCUT2D eigenvalue weighted by atomic mass is 79.9. The van der Waals surface area contributed by atoms with Gasteiger partial charge >= 0.3 is 0 Å². The summed E-state index contributed by atoms with van der Waals surface area (Å²) in [6.45, 7) is 3.21. The second kappa shape index (κ2) is 9.47. The molecule has 1 amide bonds. The van der Waals surface area contributed by atoms with Crippen molar-refractivity contribution in [2.24, 2.45) is 0 Å².